The van der Waals surface area contributed by atoms with Crippen molar-refractivity contribution in [1.29, 1.82) is 0 Å². The normalized spacial score (nSPS) is 12.8. The largest absolute Gasteiger partial charge is 0.383 e. The molecule has 1 aromatic carbocycles. The van der Waals surface area contributed by atoms with Gasteiger partial charge in [0.1, 0.15) is 0 Å². The van der Waals surface area contributed by atoms with Crippen molar-refractivity contribution in [3.05, 3.63) is 29.8 Å². The van der Waals surface area contributed by atoms with E-state index in [1.807, 2.05) is 0 Å². The predicted octanol–water partition coefficient (Wildman–Crippen LogP) is 4.80. The van der Waals surface area contributed by atoms with E-state index in [1.54, 1.807) is 0 Å². The molecule has 1 heteroatoms. The van der Waals surface area contributed by atoms with Crippen LogP contribution in [0, 0.1) is 0 Å². The molecule has 0 fully saturated rings. The topological polar surface area (TPSA) is 12.0 Å². The molecule has 0 aliphatic heterocycles. The Kier molecular flexibility index (Phi) is 5.37. The van der Waals surface area contributed by atoms with Crippen LogP contribution in [0.1, 0.15) is 58.4 Å². The molecule has 0 aliphatic carbocycles. The number of anilines is 1. The highest BCUT2D eigenvalue weighted by Crippen LogP contribution is 2.18. The van der Waals surface area contributed by atoms with Crippen LogP contribution in [0.3, 0.4) is 0 Å². The Morgan fingerprint density at radius 2 is 1.69 bits per heavy atom. The van der Waals surface area contributed by atoms with Crippen LogP contribution in [-0.4, -0.2) is 6.04 Å². The van der Waals surface area contributed by atoms with Gasteiger partial charge in [0.25, 0.3) is 0 Å². The highest BCUT2D eigenvalue weighted by molar-refractivity contribution is 5.45. The first-order valence-electron chi connectivity index (χ1n) is 6.50. The van der Waals surface area contributed by atoms with Crippen molar-refractivity contribution in [3.8, 4) is 0 Å². The zero-order valence-electron chi connectivity index (χ0n) is 11.1. The van der Waals surface area contributed by atoms with Crippen molar-refractivity contribution in [2.45, 2.75) is 58.9 Å². The fraction of sp³-hybridized carbons (Fsp3) is 0.600. The average molecular weight is 219 g/mol. The lowest BCUT2D eigenvalue weighted by Crippen LogP contribution is -2.14. The first kappa shape index (κ1) is 13.1. The highest BCUT2D eigenvalue weighted by Gasteiger charge is 2.02. The SMILES string of the molecule is CCCCC(C)Nc1ccc(C(C)C)cc1. The van der Waals surface area contributed by atoms with Crippen molar-refractivity contribution >= 4 is 5.69 Å². The van der Waals surface area contributed by atoms with Crippen LogP contribution >= 0.6 is 0 Å². The molecule has 16 heavy (non-hydrogen) atoms. The van der Waals surface area contributed by atoms with Gasteiger partial charge in [-0.05, 0) is 37.0 Å². The summed E-state index contributed by atoms with van der Waals surface area (Å²) in [7, 11) is 0. The number of nitrogens with one attached hydrogen (secondary N) is 1. The first-order valence-corrected chi connectivity index (χ1v) is 6.50. The van der Waals surface area contributed by atoms with E-state index in [1.165, 1.54) is 30.5 Å². The number of hydrogen-bond acceptors (Lipinski definition) is 1. The number of rotatable bonds is 6. The molecule has 1 nitrogen and oxygen atoms in total. The molecular weight excluding hydrogens is 194 g/mol. The number of hydrogen-bond donors (Lipinski definition) is 1. The van der Waals surface area contributed by atoms with Crippen LogP contribution in [0.5, 0.6) is 0 Å². The Labute approximate surface area is 100 Å². The lowest BCUT2D eigenvalue weighted by atomic mass is 10.0. The third kappa shape index (κ3) is 4.26. The van der Waals surface area contributed by atoms with Crippen molar-refractivity contribution in [2.75, 3.05) is 5.32 Å². The molecule has 1 atom stereocenters. The monoisotopic (exact) mass is 219 g/mol. The van der Waals surface area contributed by atoms with Crippen LogP contribution in [0.25, 0.3) is 0 Å². The second-order valence-corrected chi connectivity index (χ2v) is 4.96. The molecule has 1 aromatic rings. The van der Waals surface area contributed by atoms with E-state index in [-0.39, 0.29) is 0 Å². The number of benzene rings is 1. The third-order valence-corrected chi connectivity index (χ3v) is 2.98. The predicted molar refractivity (Wildman–Crippen MR) is 73.1 cm³/mol. The molecule has 0 radical (unpaired) electrons. The second kappa shape index (κ2) is 6.57. The fourth-order valence-electron chi connectivity index (χ4n) is 1.83. The summed E-state index contributed by atoms with van der Waals surface area (Å²) in [5, 5.41) is 3.54. The molecule has 0 amide bonds. The van der Waals surface area contributed by atoms with Gasteiger partial charge in [-0.3, -0.25) is 0 Å². The molecule has 0 saturated heterocycles. The zero-order chi connectivity index (χ0) is 12.0. The molecule has 0 aliphatic rings. The van der Waals surface area contributed by atoms with Gasteiger partial charge in [-0.15, -0.1) is 0 Å². The van der Waals surface area contributed by atoms with Crippen LogP contribution in [0.4, 0.5) is 5.69 Å². The van der Waals surface area contributed by atoms with Gasteiger partial charge in [0, 0.05) is 11.7 Å². The average Bonchev–Trinajstić information content (AvgIpc) is 2.27. The summed E-state index contributed by atoms with van der Waals surface area (Å²) < 4.78 is 0. The minimum Gasteiger partial charge on any atom is -0.383 e. The minimum atomic E-state index is 0.574. The molecule has 0 bridgehead atoms. The summed E-state index contributed by atoms with van der Waals surface area (Å²) in [5.41, 5.74) is 2.65. The summed E-state index contributed by atoms with van der Waals surface area (Å²) in [6.45, 7) is 8.95. The van der Waals surface area contributed by atoms with Gasteiger partial charge in [-0.25, -0.2) is 0 Å². The maximum Gasteiger partial charge on any atom is 0.0342 e. The van der Waals surface area contributed by atoms with Crippen LogP contribution in [0.2, 0.25) is 0 Å². The molecular formula is C15H25N. The molecule has 0 aromatic heterocycles. The van der Waals surface area contributed by atoms with Gasteiger partial charge in [0.2, 0.25) is 0 Å². The summed E-state index contributed by atoms with van der Waals surface area (Å²) >= 11 is 0. The van der Waals surface area contributed by atoms with Crippen molar-refractivity contribution in [1.82, 2.24) is 0 Å². The van der Waals surface area contributed by atoms with Gasteiger partial charge in [0.15, 0.2) is 0 Å². The van der Waals surface area contributed by atoms with Gasteiger partial charge in [-0.1, -0.05) is 45.7 Å². The van der Waals surface area contributed by atoms with Gasteiger partial charge in [0.05, 0.1) is 0 Å². The zero-order valence-corrected chi connectivity index (χ0v) is 11.1. The molecule has 0 heterocycles. The van der Waals surface area contributed by atoms with Crippen LogP contribution < -0.4 is 5.32 Å². The molecule has 1 rings (SSSR count). The van der Waals surface area contributed by atoms with Crippen LogP contribution in [0.15, 0.2) is 24.3 Å². The quantitative estimate of drug-likeness (QED) is 0.724. The van der Waals surface area contributed by atoms with Crippen LogP contribution in [-0.2, 0) is 0 Å². The lowest BCUT2D eigenvalue weighted by Gasteiger charge is -2.15. The van der Waals surface area contributed by atoms with Crippen molar-refractivity contribution in [3.63, 3.8) is 0 Å². The number of unbranched alkanes of at least 4 members (excludes halogenated alkanes) is 1. The first-order chi connectivity index (χ1) is 7.63. The van der Waals surface area contributed by atoms with E-state index >= 15 is 0 Å². The molecule has 0 saturated carbocycles. The third-order valence-electron chi connectivity index (χ3n) is 2.98. The lowest BCUT2D eigenvalue weighted by molar-refractivity contribution is 0.645. The van der Waals surface area contributed by atoms with E-state index in [9.17, 15) is 0 Å². The fourth-order valence-corrected chi connectivity index (χ4v) is 1.83. The molecule has 1 N–H and O–H groups in total. The van der Waals surface area contributed by atoms with E-state index in [2.05, 4.69) is 57.3 Å². The van der Waals surface area contributed by atoms with Gasteiger partial charge in [-0.2, -0.15) is 0 Å². The van der Waals surface area contributed by atoms with Crippen molar-refractivity contribution < 1.29 is 0 Å². The molecule has 0 spiro atoms. The standard InChI is InChI=1S/C15H25N/c1-5-6-7-13(4)16-15-10-8-14(9-11-15)12(2)3/h8-13,16H,5-7H2,1-4H3. The maximum absolute atomic E-state index is 3.54. The second-order valence-electron chi connectivity index (χ2n) is 4.96. The smallest absolute Gasteiger partial charge is 0.0342 e. The van der Waals surface area contributed by atoms with E-state index in [0.717, 1.165) is 0 Å². The summed E-state index contributed by atoms with van der Waals surface area (Å²) in [5.74, 6) is 0.617. The minimum absolute atomic E-state index is 0.574. The Balaban J connectivity index is 2.48. The van der Waals surface area contributed by atoms with Gasteiger partial charge < -0.3 is 5.32 Å². The Morgan fingerprint density at radius 1 is 1.06 bits per heavy atom. The van der Waals surface area contributed by atoms with E-state index in [0.29, 0.717) is 12.0 Å². The summed E-state index contributed by atoms with van der Waals surface area (Å²) in [4.78, 5) is 0. The molecule has 90 valence electrons. The van der Waals surface area contributed by atoms with Crippen molar-refractivity contribution in [2.24, 2.45) is 0 Å². The highest BCUT2D eigenvalue weighted by atomic mass is 14.9. The summed E-state index contributed by atoms with van der Waals surface area (Å²) in [6.07, 6.45) is 3.83. The van der Waals surface area contributed by atoms with E-state index in [4.69, 9.17) is 0 Å². The summed E-state index contributed by atoms with van der Waals surface area (Å²) in [6, 6.07) is 9.40. The molecule has 1 unspecified atom stereocenters. The Bertz CT molecular complexity index is 287. The Morgan fingerprint density at radius 3 is 2.19 bits per heavy atom. The maximum atomic E-state index is 3.54. The van der Waals surface area contributed by atoms with Gasteiger partial charge >= 0.3 is 0 Å². The Hall–Kier alpha value is -0.980. The van der Waals surface area contributed by atoms with E-state index < -0.39 is 0 Å².